The van der Waals surface area contributed by atoms with Gasteiger partial charge >= 0.3 is 6.36 Å². The zero-order chi connectivity index (χ0) is 20.7. The normalized spacial score (nSPS) is 14.3. The van der Waals surface area contributed by atoms with E-state index in [1.54, 1.807) is 0 Å². The Kier molecular flexibility index (Phi) is 4.79. The standard InChI is InChI=1S/C17H13F3N2O5S/c1-9-6-10-7-14(23)16(24)21-13(10)8-15(9)28(25,26)22-11-2-4-12(5-3-11)27-17(18,19)20/h2-6,8,22H,7H2,1H3,(H,21,24). The minimum absolute atomic E-state index is 0.0193. The van der Waals surface area contributed by atoms with Gasteiger partial charge in [-0.1, -0.05) is 6.07 Å². The number of ketones is 1. The molecule has 0 fully saturated rings. The first-order chi connectivity index (χ1) is 12.9. The Hall–Kier alpha value is -3.08. The second-order valence-corrected chi connectivity index (χ2v) is 7.66. The van der Waals surface area contributed by atoms with Crippen LogP contribution < -0.4 is 14.8 Å². The molecule has 148 valence electrons. The molecule has 2 aromatic carbocycles. The molecule has 2 aromatic rings. The van der Waals surface area contributed by atoms with E-state index in [2.05, 4.69) is 14.8 Å². The number of halogens is 3. The summed E-state index contributed by atoms with van der Waals surface area (Å²) in [6, 6.07) is 6.90. The molecule has 2 N–H and O–H groups in total. The van der Waals surface area contributed by atoms with Gasteiger partial charge in [-0.15, -0.1) is 13.2 Å². The highest BCUT2D eigenvalue weighted by Crippen LogP contribution is 2.30. The lowest BCUT2D eigenvalue weighted by Gasteiger charge is -2.19. The van der Waals surface area contributed by atoms with Gasteiger partial charge in [0.05, 0.1) is 4.90 Å². The van der Waals surface area contributed by atoms with Gasteiger partial charge in [0, 0.05) is 17.8 Å². The van der Waals surface area contributed by atoms with Gasteiger partial charge in [0.25, 0.3) is 15.9 Å². The van der Waals surface area contributed by atoms with Gasteiger partial charge in [-0.2, -0.15) is 0 Å². The third-order valence-electron chi connectivity index (χ3n) is 3.88. The SMILES string of the molecule is Cc1cc2c(cc1S(=O)(=O)Nc1ccc(OC(F)(F)F)cc1)NC(=O)C(=O)C2. The number of carbonyl (C=O) groups is 2. The van der Waals surface area contributed by atoms with Crippen LogP contribution in [-0.4, -0.2) is 26.5 Å². The third kappa shape index (κ3) is 4.25. The summed E-state index contributed by atoms with van der Waals surface area (Å²) in [6.07, 6.45) is -4.98. The Balaban J connectivity index is 1.86. The number of hydrogen-bond donors (Lipinski definition) is 2. The molecule has 0 bridgehead atoms. The summed E-state index contributed by atoms with van der Waals surface area (Å²) in [5.41, 5.74) is 1.07. The first kappa shape index (κ1) is 19.7. The van der Waals surface area contributed by atoms with Crippen LogP contribution in [-0.2, 0) is 26.0 Å². The van der Waals surface area contributed by atoms with Crippen molar-refractivity contribution in [3.05, 3.63) is 47.5 Å². The van der Waals surface area contributed by atoms with Crippen molar-refractivity contribution >= 4 is 33.1 Å². The molecule has 0 saturated heterocycles. The molecule has 1 aliphatic rings. The van der Waals surface area contributed by atoms with E-state index in [4.69, 9.17) is 0 Å². The van der Waals surface area contributed by atoms with Crippen molar-refractivity contribution in [1.82, 2.24) is 0 Å². The summed E-state index contributed by atoms with van der Waals surface area (Å²) in [5, 5.41) is 2.34. The van der Waals surface area contributed by atoms with E-state index in [-0.39, 0.29) is 22.7 Å². The lowest BCUT2D eigenvalue weighted by molar-refractivity contribution is -0.274. The van der Waals surface area contributed by atoms with Gasteiger partial charge in [-0.25, -0.2) is 8.42 Å². The monoisotopic (exact) mass is 414 g/mol. The number of aryl methyl sites for hydroxylation is 1. The van der Waals surface area contributed by atoms with Crippen molar-refractivity contribution in [2.75, 3.05) is 10.0 Å². The largest absolute Gasteiger partial charge is 0.573 e. The van der Waals surface area contributed by atoms with Crippen LogP contribution in [0.2, 0.25) is 0 Å². The lowest BCUT2D eigenvalue weighted by Crippen LogP contribution is -2.30. The summed E-state index contributed by atoms with van der Waals surface area (Å²) in [6.45, 7) is 1.52. The van der Waals surface area contributed by atoms with Crippen LogP contribution in [0.3, 0.4) is 0 Å². The number of Topliss-reactive ketones (excluding diaryl/α,β-unsaturated/α-hetero) is 1. The Morgan fingerprint density at radius 1 is 1.11 bits per heavy atom. The Bertz CT molecular complexity index is 1060. The highest BCUT2D eigenvalue weighted by atomic mass is 32.2. The van der Waals surface area contributed by atoms with Gasteiger partial charge in [-0.3, -0.25) is 14.3 Å². The summed E-state index contributed by atoms with van der Waals surface area (Å²) in [5.74, 6) is -1.94. The first-order valence-electron chi connectivity index (χ1n) is 7.81. The lowest BCUT2D eigenvalue weighted by atomic mass is 10.00. The number of anilines is 2. The number of sulfonamides is 1. The molecular weight excluding hydrogens is 401 g/mol. The van der Waals surface area contributed by atoms with Crippen LogP contribution in [0.1, 0.15) is 11.1 Å². The predicted molar refractivity (Wildman–Crippen MR) is 92.5 cm³/mol. The minimum atomic E-state index is -4.85. The molecule has 11 heteroatoms. The van der Waals surface area contributed by atoms with Crippen LogP contribution in [0.15, 0.2) is 41.3 Å². The summed E-state index contributed by atoms with van der Waals surface area (Å²) in [7, 11) is -4.11. The Morgan fingerprint density at radius 2 is 1.75 bits per heavy atom. The van der Waals surface area contributed by atoms with Crippen molar-refractivity contribution in [2.24, 2.45) is 0 Å². The number of fused-ring (bicyclic) bond motifs is 1. The number of carbonyl (C=O) groups excluding carboxylic acids is 2. The molecule has 0 saturated carbocycles. The Morgan fingerprint density at radius 3 is 2.36 bits per heavy atom. The smallest absolute Gasteiger partial charge is 0.406 e. The fourth-order valence-corrected chi connectivity index (χ4v) is 3.99. The molecule has 0 spiro atoms. The number of nitrogens with one attached hydrogen (secondary N) is 2. The number of hydrogen-bond acceptors (Lipinski definition) is 5. The summed E-state index contributed by atoms with van der Waals surface area (Å²) >= 11 is 0. The molecule has 3 rings (SSSR count). The minimum Gasteiger partial charge on any atom is -0.406 e. The maximum atomic E-state index is 12.7. The van der Waals surface area contributed by atoms with Crippen LogP contribution in [0.4, 0.5) is 24.5 Å². The van der Waals surface area contributed by atoms with Crippen molar-refractivity contribution < 1.29 is 35.9 Å². The first-order valence-corrected chi connectivity index (χ1v) is 9.29. The summed E-state index contributed by atoms with van der Waals surface area (Å²) < 4.78 is 67.9. The number of alkyl halides is 3. The fourth-order valence-electron chi connectivity index (χ4n) is 2.68. The summed E-state index contributed by atoms with van der Waals surface area (Å²) in [4.78, 5) is 22.8. The predicted octanol–water partition coefficient (Wildman–Crippen LogP) is 2.76. The van der Waals surface area contributed by atoms with E-state index in [1.807, 2.05) is 0 Å². The molecule has 7 nitrogen and oxygen atoms in total. The molecule has 0 radical (unpaired) electrons. The molecule has 0 unspecified atom stereocenters. The molecule has 0 aliphatic carbocycles. The van der Waals surface area contributed by atoms with Crippen LogP contribution >= 0.6 is 0 Å². The molecule has 1 aliphatic heterocycles. The topological polar surface area (TPSA) is 102 Å². The van der Waals surface area contributed by atoms with E-state index in [0.29, 0.717) is 11.1 Å². The second kappa shape index (κ2) is 6.82. The molecule has 1 amide bonds. The average molecular weight is 414 g/mol. The van der Waals surface area contributed by atoms with E-state index < -0.39 is 33.8 Å². The fraction of sp³-hybridized carbons (Fsp3) is 0.176. The molecule has 28 heavy (non-hydrogen) atoms. The maximum absolute atomic E-state index is 12.7. The van der Waals surface area contributed by atoms with Gasteiger partial charge in [0.2, 0.25) is 5.78 Å². The number of benzene rings is 2. The van der Waals surface area contributed by atoms with Crippen LogP contribution in [0, 0.1) is 6.92 Å². The highest BCUT2D eigenvalue weighted by Gasteiger charge is 2.31. The second-order valence-electron chi connectivity index (χ2n) is 6.01. The van der Waals surface area contributed by atoms with Crippen molar-refractivity contribution in [3.8, 4) is 5.75 Å². The molecule has 1 heterocycles. The highest BCUT2D eigenvalue weighted by molar-refractivity contribution is 7.92. The van der Waals surface area contributed by atoms with Crippen LogP contribution in [0.5, 0.6) is 5.75 Å². The number of ether oxygens (including phenoxy) is 1. The van der Waals surface area contributed by atoms with Crippen LogP contribution in [0.25, 0.3) is 0 Å². The van der Waals surface area contributed by atoms with E-state index in [9.17, 15) is 31.2 Å². The molecule has 0 aromatic heterocycles. The molecular formula is C17H13F3N2O5S. The van der Waals surface area contributed by atoms with Gasteiger partial charge < -0.3 is 10.1 Å². The van der Waals surface area contributed by atoms with Gasteiger partial charge in [-0.05, 0) is 48.4 Å². The zero-order valence-corrected chi connectivity index (χ0v) is 15.1. The number of rotatable bonds is 4. The Labute approximate surface area is 157 Å². The average Bonchev–Trinajstić information content (AvgIpc) is 2.56. The van der Waals surface area contributed by atoms with Crippen molar-refractivity contribution in [2.45, 2.75) is 24.6 Å². The maximum Gasteiger partial charge on any atom is 0.573 e. The van der Waals surface area contributed by atoms with Gasteiger partial charge in [0.15, 0.2) is 0 Å². The van der Waals surface area contributed by atoms with E-state index >= 15 is 0 Å². The molecule has 0 atom stereocenters. The van der Waals surface area contributed by atoms with E-state index in [1.165, 1.54) is 19.1 Å². The third-order valence-corrected chi connectivity index (χ3v) is 5.41. The van der Waals surface area contributed by atoms with Crippen molar-refractivity contribution in [1.29, 1.82) is 0 Å². The van der Waals surface area contributed by atoms with E-state index in [0.717, 1.165) is 24.3 Å². The van der Waals surface area contributed by atoms with Crippen molar-refractivity contribution in [3.63, 3.8) is 0 Å². The number of amides is 1. The quantitative estimate of drug-likeness (QED) is 0.750. The zero-order valence-electron chi connectivity index (χ0n) is 14.3. The van der Waals surface area contributed by atoms with Gasteiger partial charge in [0.1, 0.15) is 5.75 Å².